The van der Waals surface area contributed by atoms with Crippen molar-refractivity contribution < 1.29 is 0 Å². The van der Waals surface area contributed by atoms with Gasteiger partial charge in [-0.25, -0.2) is 0 Å². The molecule has 0 unspecified atom stereocenters. The number of rotatable bonds is 3. The number of hydrogen-bond acceptors (Lipinski definition) is 2. The first-order valence-corrected chi connectivity index (χ1v) is 7.40. The first-order chi connectivity index (χ1) is 9.78. The van der Waals surface area contributed by atoms with Crippen LogP contribution in [0.2, 0.25) is 5.02 Å². The van der Waals surface area contributed by atoms with Crippen molar-refractivity contribution in [3.63, 3.8) is 0 Å². The van der Waals surface area contributed by atoms with Gasteiger partial charge in [-0.05, 0) is 42.3 Å². The van der Waals surface area contributed by atoms with Crippen LogP contribution in [-0.2, 0) is 19.5 Å². The molecule has 0 amide bonds. The second kappa shape index (κ2) is 5.86. The van der Waals surface area contributed by atoms with Gasteiger partial charge < -0.3 is 10.2 Å². The van der Waals surface area contributed by atoms with E-state index in [1.165, 1.54) is 16.7 Å². The molecule has 0 spiro atoms. The topological polar surface area (TPSA) is 15.3 Å². The molecule has 0 aliphatic carbocycles. The zero-order valence-electron chi connectivity index (χ0n) is 11.7. The first-order valence-electron chi connectivity index (χ1n) is 7.02. The Kier molecular flexibility index (Phi) is 3.95. The molecule has 20 heavy (non-hydrogen) atoms. The van der Waals surface area contributed by atoms with Gasteiger partial charge in [-0.1, -0.05) is 41.9 Å². The summed E-state index contributed by atoms with van der Waals surface area (Å²) in [5, 5.41) is 4.00. The van der Waals surface area contributed by atoms with E-state index in [0.717, 1.165) is 36.8 Å². The third kappa shape index (κ3) is 2.67. The number of nitrogens with one attached hydrogen (secondary N) is 1. The van der Waals surface area contributed by atoms with Gasteiger partial charge in [0.2, 0.25) is 0 Å². The van der Waals surface area contributed by atoms with E-state index in [4.69, 9.17) is 11.6 Å². The summed E-state index contributed by atoms with van der Waals surface area (Å²) in [4.78, 5) is 2.37. The summed E-state index contributed by atoms with van der Waals surface area (Å²) >= 11 is 6.46. The van der Waals surface area contributed by atoms with Crippen molar-refractivity contribution in [1.29, 1.82) is 0 Å². The number of anilines is 1. The van der Waals surface area contributed by atoms with Crippen molar-refractivity contribution in [3.8, 4) is 0 Å². The van der Waals surface area contributed by atoms with Gasteiger partial charge in [0.1, 0.15) is 0 Å². The zero-order valence-corrected chi connectivity index (χ0v) is 12.5. The van der Waals surface area contributed by atoms with Gasteiger partial charge in [0.25, 0.3) is 0 Å². The van der Waals surface area contributed by atoms with Crippen LogP contribution in [0.4, 0.5) is 5.69 Å². The van der Waals surface area contributed by atoms with Crippen LogP contribution in [0.3, 0.4) is 0 Å². The minimum atomic E-state index is 0.845. The monoisotopic (exact) mass is 286 g/mol. The Labute approximate surface area is 125 Å². The summed E-state index contributed by atoms with van der Waals surface area (Å²) in [5.74, 6) is 0. The highest BCUT2D eigenvalue weighted by atomic mass is 35.5. The molecule has 1 N–H and O–H groups in total. The lowest BCUT2D eigenvalue weighted by Gasteiger charge is -2.31. The maximum atomic E-state index is 6.46. The van der Waals surface area contributed by atoms with E-state index in [1.54, 1.807) is 0 Å². The van der Waals surface area contributed by atoms with Gasteiger partial charge >= 0.3 is 0 Å². The first kappa shape index (κ1) is 13.5. The summed E-state index contributed by atoms with van der Waals surface area (Å²) in [7, 11) is 1.95. The molecule has 2 aromatic carbocycles. The van der Waals surface area contributed by atoms with Gasteiger partial charge in [0, 0.05) is 19.6 Å². The third-order valence-electron chi connectivity index (χ3n) is 3.86. The van der Waals surface area contributed by atoms with Gasteiger partial charge in [-0.15, -0.1) is 0 Å². The minimum Gasteiger partial charge on any atom is -0.366 e. The average Bonchev–Trinajstić information content (AvgIpc) is 2.47. The lowest BCUT2D eigenvalue weighted by Crippen LogP contribution is -2.30. The zero-order chi connectivity index (χ0) is 13.9. The summed E-state index contributed by atoms with van der Waals surface area (Å²) in [6.45, 7) is 2.83. The van der Waals surface area contributed by atoms with Crippen molar-refractivity contribution in [2.75, 3.05) is 18.5 Å². The summed E-state index contributed by atoms with van der Waals surface area (Å²) in [5.41, 5.74) is 5.24. The molecule has 2 aromatic rings. The van der Waals surface area contributed by atoms with E-state index in [-0.39, 0.29) is 0 Å². The predicted molar refractivity (Wildman–Crippen MR) is 85.4 cm³/mol. The molecular weight excluding hydrogens is 268 g/mol. The molecule has 1 aliphatic heterocycles. The van der Waals surface area contributed by atoms with Crippen LogP contribution in [-0.4, -0.2) is 13.6 Å². The van der Waals surface area contributed by atoms with E-state index in [2.05, 4.69) is 52.7 Å². The van der Waals surface area contributed by atoms with Crippen LogP contribution in [0.25, 0.3) is 0 Å². The largest absolute Gasteiger partial charge is 0.366 e. The van der Waals surface area contributed by atoms with Crippen molar-refractivity contribution >= 4 is 17.3 Å². The molecule has 2 nitrogen and oxygen atoms in total. The van der Waals surface area contributed by atoms with Gasteiger partial charge in [-0.2, -0.15) is 0 Å². The standard InChI is InChI=1S/C17H19ClN2/c1-19-11-13-6-7-17(16(18)10-13)20-9-8-14-4-2-3-5-15(14)12-20/h2-7,10,19H,8-9,11-12H2,1H3. The SMILES string of the molecule is CNCc1ccc(N2CCc3ccccc3C2)c(Cl)c1. The maximum Gasteiger partial charge on any atom is 0.0642 e. The number of fused-ring (bicyclic) bond motifs is 1. The molecule has 1 heterocycles. The molecule has 3 rings (SSSR count). The highest BCUT2D eigenvalue weighted by Crippen LogP contribution is 2.31. The Hall–Kier alpha value is -1.51. The maximum absolute atomic E-state index is 6.46. The Bertz CT molecular complexity index is 610. The molecule has 3 heteroatoms. The van der Waals surface area contributed by atoms with Crippen LogP contribution in [0, 0.1) is 0 Å². The lowest BCUT2D eigenvalue weighted by molar-refractivity contribution is 0.731. The van der Waals surface area contributed by atoms with Gasteiger partial charge in [0.05, 0.1) is 10.7 Å². The lowest BCUT2D eigenvalue weighted by atomic mass is 9.99. The highest BCUT2D eigenvalue weighted by Gasteiger charge is 2.17. The smallest absolute Gasteiger partial charge is 0.0642 e. The molecule has 0 saturated carbocycles. The van der Waals surface area contributed by atoms with E-state index in [1.807, 2.05) is 7.05 Å². The fourth-order valence-corrected chi connectivity index (χ4v) is 3.14. The molecule has 1 aliphatic rings. The molecule has 0 atom stereocenters. The predicted octanol–water partition coefficient (Wildman–Crippen LogP) is 3.62. The van der Waals surface area contributed by atoms with E-state index < -0.39 is 0 Å². The number of benzene rings is 2. The van der Waals surface area contributed by atoms with Gasteiger partial charge in [-0.3, -0.25) is 0 Å². The van der Waals surface area contributed by atoms with Crippen molar-refractivity contribution in [2.45, 2.75) is 19.5 Å². The summed E-state index contributed by atoms with van der Waals surface area (Å²) in [6, 6.07) is 15.0. The molecule has 0 saturated heterocycles. The molecule has 0 radical (unpaired) electrons. The van der Waals surface area contributed by atoms with E-state index in [9.17, 15) is 0 Å². The Morgan fingerprint density at radius 1 is 1.15 bits per heavy atom. The summed E-state index contributed by atoms with van der Waals surface area (Å²) in [6.07, 6.45) is 1.09. The highest BCUT2D eigenvalue weighted by molar-refractivity contribution is 6.33. The molecule has 0 bridgehead atoms. The molecule has 0 fully saturated rings. The second-order valence-corrected chi connectivity index (χ2v) is 5.66. The number of hydrogen-bond donors (Lipinski definition) is 1. The molecule has 0 aromatic heterocycles. The Morgan fingerprint density at radius 3 is 2.70 bits per heavy atom. The van der Waals surface area contributed by atoms with Crippen LogP contribution in [0.1, 0.15) is 16.7 Å². The van der Waals surface area contributed by atoms with Crippen molar-refractivity contribution in [2.24, 2.45) is 0 Å². The van der Waals surface area contributed by atoms with E-state index in [0.29, 0.717) is 0 Å². The van der Waals surface area contributed by atoms with Gasteiger partial charge in [0.15, 0.2) is 0 Å². The average molecular weight is 287 g/mol. The Balaban J connectivity index is 1.84. The minimum absolute atomic E-state index is 0.845. The normalized spacial score (nSPS) is 14.2. The van der Waals surface area contributed by atoms with Crippen LogP contribution >= 0.6 is 11.6 Å². The van der Waals surface area contributed by atoms with Crippen molar-refractivity contribution in [3.05, 3.63) is 64.2 Å². The van der Waals surface area contributed by atoms with Crippen LogP contribution in [0.5, 0.6) is 0 Å². The fourth-order valence-electron chi connectivity index (χ4n) is 2.82. The number of halogens is 1. The molecular formula is C17H19ClN2. The molecule has 104 valence electrons. The van der Waals surface area contributed by atoms with Crippen LogP contribution in [0.15, 0.2) is 42.5 Å². The third-order valence-corrected chi connectivity index (χ3v) is 4.17. The van der Waals surface area contributed by atoms with Crippen LogP contribution < -0.4 is 10.2 Å². The summed E-state index contributed by atoms with van der Waals surface area (Å²) < 4.78 is 0. The van der Waals surface area contributed by atoms with Crippen molar-refractivity contribution in [1.82, 2.24) is 5.32 Å². The quantitative estimate of drug-likeness (QED) is 0.927. The Morgan fingerprint density at radius 2 is 1.95 bits per heavy atom. The number of nitrogens with zero attached hydrogens (tertiary/aromatic N) is 1. The fraction of sp³-hybridized carbons (Fsp3) is 0.294. The van der Waals surface area contributed by atoms with E-state index >= 15 is 0 Å². The second-order valence-electron chi connectivity index (χ2n) is 5.26.